The molecule has 0 atom stereocenters. The molecular weight excluding hydrogens is 346 g/mol. The van der Waals surface area contributed by atoms with Gasteiger partial charge in [0.15, 0.2) is 0 Å². The normalized spacial score (nSPS) is 12.2. The second-order valence-electron chi connectivity index (χ2n) is 7.40. The van der Waals surface area contributed by atoms with Crippen LogP contribution >= 0.6 is 0 Å². The third-order valence-corrected chi connectivity index (χ3v) is 4.78. The van der Waals surface area contributed by atoms with Gasteiger partial charge in [-0.1, -0.05) is 13.8 Å². The van der Waals surface area contributed by atoms with Gasteiger partial charge in [-0.25, -0.2) is 0 Å². The molecule has 164 valence electrons. The van der Waals surface area contributed by atoms with Gasteiger partial charge >= 0.3 is 0 Å². The highest BCUT2D eigenvalue weighted by atomic mass is 16.5. The molecule has 0 aromatic rings. The van der Waals surface area contributed by atoms with Crippen LogP contribution in [0.15, 0.2) is 0 Å². The summed E-state index contributed by atoms with van der Waals surface area (Å²) < 4.78 is 10.7. The predicted octanol–water partition coefficient (Wildman–Crippen LogP) is 2.59. The number of hydrogen-bond acceptors (Lipinski definition) is 6. The van der Waals surface area contributed by atoms with Gasteiger partial charge in [-0.2, -0.15) is 0 Å². The molecule has 0 spiro atoms. The number of unbranched alkanes of at least 4 members (excludes halogenated alkanes) is 1. The Bertz CT molecular complexity index is 284. The molecule has 0 bridgehead atoms. The van der Waals surface area contributed by atoms with Gasteiger partial charge in [0, 0.05) is 13.2 Å². The highest BCUT2D eigenvalue weighted by Crippen LogP contribution is 2.26. The molecule has 0 heterocycles. The minimum atomic E-state index is -0.675. The molecule has 3 N–H and O–H groups in total. The summed E-state index contributed by atoms with van der Waals surface area (Å²) in [5, 5.41) is 28.6. The lowest BCUT2D eigenvalue weighted by Crippen LogP contribution is -2.31. The van der Waals surface area contributed by atoms with Crippen LogP contribution in [-0.4, -0.2) is 85.1 Å². The molecule has 6 heteroatoms. The van der Waals surface area contributed by atoms with Gasteiger partial charge in [-0.3, -0.25) is 0 Å². The Morgan fingerprint density at radius 3 is 1.59 bits per heavy atom. The van der Waals surface area contributed by atoms with Gasteiger partial charge < -0.3 is 29.7 Å². The molecule has 0 radical (unpaired) electrons. The average molecular weight is 392 g/mol. The van der Waals surface area contributed by atoms with Crippen molar-refractivity contribution in [1.29, 1.82) is 0 Å². The van der Waals surface area contributed by atoms with E-state index >= 15 is 0 Å². The van der Waals surface area contributed by atoms with Gasteiger partial charge in [0.05, 0.1) is 32.0 Å². The first-order valence-corrected chi connectivity index (χ1v) is 10.9. The van der Waals surface area contributed by atoms with Crippen LogP contribution in [0.4, 0.5) is 0 Å². The third kappa shape index (κ3) is 16.4. The lowest BCUT2D eigenvalue weighted by atomic mass is 9.87. The molecule has 0 unspecified atom stereocenters. The number of hydrogen-bond donors (Lipinski definition) is 3. The fourth-order valence-electron chi connectivity index (χ4n) is 3.47. The van der Waals surface area contributed by atoms with Crippen LogP contribution in [-0.2, 0) is 9.47 Å². The maximum Gasteiger partial charge on any atom is 0.0697 e. The van der Waals surface area contributed by atoms with Crippen LogP contribution in [0.3, 0.4) is 0 Å². The van der Waals surface area contributed by atoms with Crippen LogP contribution < -0.4 is 0 Å². The first-order chi connectivity index (χ1) is 13.1. The summed E-state index contributed by atoms with van der Waals surface area (Å²) in [6.07, 6.45) is 8.34. The quantitative estimate of drug-likeness (QED) is 0.261. The SMILES string of the molecule is CCCN(CCC)CCCCC(O)(CCCOCCO)CCCOCCO. The van der Waals surface area contributed by atoms with Crippen molar-refractivity contribution < 1.29 is 24.8 Å². The van der Waals surface area contributed by atoms with Gasteiger partial charge in [-0.05, 0) is 77.4 Å². The lowest BCUT2D eigenvalue weighted by molar-refractivity contribution is -0.00976. The predicted molar refractivity (Wildman–Crippen MR) is 110 cm³/mol. The summed E-state index contributed by atoms with van der Waals surface area (Å²) in [5.74, 6) is 0. The summed E-state index contributed by atoms with van der Waals surface area (Å²) in [6.45, 7) is 9.81. The zero-order valence-corrected chi connectivity index (χ0v) is 17.8. The molecule has 0 aliphatic rings. The molecule has 0 amide bonds. The van der Waals surface area contributed by atoms with E-state index in [1.165, 1.54) is 12.8 Å². The van der Waals surface area contributed by atoms with E-state index < -0.39 is 5.60 Å². The zero-order valence-electron chi connectivity index (χ0n) is 17.8. The number of nitrogens with zero attached hydrogens (tertiary/aromatic N) is 1. The summed E-state index contributed by atoms with van der Waals surface area (Å²) in [7, 11) is 0. The van der Waals surface area contributed by atoms with Crippen molar-refractivity contribution in [2.45, 2.75) is 77.2 Å². The van der Waals surface area contributed by atoms with Crippen molar-refractivity contribution in [3.05, 3.63) is 0 Å². The van der Waals surface area contributed by atoms with Crippen molar-refractivity contribution in [3.8, 4) is 0 Å². The highest BCUT2D eigenvalue weighted by molar-refractivity contribution is 4.79. The fraction of sp³-hybridized carbons (Fsp3) is 1.00. The molecule has 0 aromatic carbocycles. The Hall–Kier alpha value is -0.240. The van der Waals surface area contributed by atoms with E-state index in [4.69, 9.17) is 19.7 Å². The fourth-order valence-corrected chi connectivity index (χ4v) is 3.47. The largest absolute Gasteiger partial charge is 0.394 e. The van der Waals surface area contributed by atoms with Crippen LogP contribution in [0.25, 0.3) is 0 Å². The molecule has 0 saturated carbocycles. The summed E-state index contributed by atoms with van der Waals surface area (Å²) in [6, 6.07) is 0. The van der Waals surface area contributed by atoms with E-state index in [9.17, 15) is 5.11 Å². The van der Waals surface area contributed by atoms with Crippen molar-refractivity contribution in [2.75, 3.05) is 59.3 Å². The maximum absolute atomic E-state index is 11.1. The monoisotopic (exact) mass is 391 g/mol. The standard InChI is InChI=1S/C21H45NO5/c1-3-12-22(13-4-2)14-6-5-9-21(25,10-7-17-26-19-15-23)11-8-18-27-20-16-24/h23-25H,3-20H2,1-2H3. The number of aliphatic hydroxyl groups excluding tert-OH is 2. The Kier molecular flexibility index (Phi) is 18.9. The highest BCUT2D eigenvalue weighted by Gasteiger charge is 2.25. The van der Waals surface area contributed by atoms with Gasteiger partial charge in [0.25, 0.3) is 0 Å². The van der Waals surface area contributed by atoms with Crippen molar-refractivity contribution >= 4 is 0 Å². The van der Waals surface area contributed by atoms with Crippen molar-refractivity contribution in [3.63, 3.8) is 0 Å². The summed E-state index contributed by atoms with van der Waals surface area (Å²) >= 11 is 0. The van der Waals surface area contributed by atoms with E-state index in [1.807, 2.05) is 0 Å². The molecule has 0 aliphatic carbocycles. The number of rotatable bonds is 21. The molecule has 0 saturated heterocycles. The number of ether oxygens (including phenoxy) is 2. The molecule has 0 fully saturated rings. The van der Waals surface area contributed by atoms with Gasteiger partial charge in [0.1, 0.15) is 0 Å². The summed E-state index contributed by atoms with van der Waals surface area (Å²) in [5.41, 5.74) is -0.675. The molecule has 0 aliphatic heterocycles. The molecule has 0 rings (SSSR count). The van der Waals surface area contributed by atoms with Gasteiger partial charge in [0.2, 0.25) is 0 Å². The maximum atomic E-state index is 11.1. The number of aliphatic hydroxyl groups is 3. The third-order valence-electron chi connectivity index (χ3n) is 4.78. The lowest BCUT2D eigenvalue weighted by Gasteiger charge is -2.29. The van der Waals surface area contributed by atoms with E-state index in [2.05, 4.69) is 18.7 Å². The zero-order chi connectivity index (χ0) is 20.2. The Morgan fingerprint density at radius 2 is 1.15 bits per heavy atom. The smallest absolute Gasteiger partial charge is 0.0697 e. The molecule has 6 nitrogen and oxygen atoms in total. The van der Waals surface area contributed by atoms with Crippen LogP contribution in [0.2, 0.25) is 0 Å². The van der Waals surface area contributed by atoms with E-state index in [1.54, 1.807) is 0 Å². The minimum Gasteiger partial charge on any atom is -0.394 e. The van der Waals surface area contributed by atoms with Crippen LogP contribution in [0, 0.1) is 0 Å². The van der Waals surface area contributed by atoms with Crippen LogP contribution in [0.1, 0.15) is 71.6 Å². The Morgan fingerprint density at radius 1 is 0.667 bits per heavy atom. The molecular formula is C21H45NO5. The molecule has 27 heavy (non-hydrogen) atoms. The Balaban J connectivity index is 4.24. The van der Waals surface area contributed by atoms with Crippen LogP contribution in [0.5, 0.6) is 0 Å². The first-order valence-electron chi connectivity index (χ1n) is 10.9. The molecule has 0 aromatic heterocycles. The second kappa shape index (κ2) is 19.1. The van der Waals surface area contributed by atoms with Crippen molar-refractivity contribution in [2.24, 2.45) is 0 Å². The van der Waals surface area contributed by atoms with E-state index in [-0.39, 0.29) is 13.2 Å². The van der Waals surface area contributed by atoms with E-state index in [0.717, 1.165) is 51.7 Å². The average Bonchev–Trinajstić information content (AvgIpc) is 2.65. The minimum absolute atomic E-state index is 0.0402. The second-order valence-corrected chi connectivity index (χ2v) is 7.40. The summed E-state index contributed by atoms with van der Waals surface area (Å²) in [4.78, 5) is 2.52. The van der Waals surface area contributed by atoms with Gasteiger partial charge in [-0.15, -0.1) is 0 Å². The topological polar surface area (TPSA) is 82.4 Å². The van der Waals surface area contributed by atoms with Crippen molar-refractivity contribution in [1.82, 2.24) is 4.90 Å². The van der Waals surface area contributed by atoms with E-state index in [0.29, 0.717) is 39.3 Å². The first kappa shape index (κ1) is 26.8. The Labute approximate surface area is 166 Å².